The fourth-order valence-corrected chi connectivity index (χ4v) is 2.44. The van der Waals surface area contributed by atoms with Gasteiger partial charge in [-0.05, 0) is 25.0 Å². The highest BCUT2D eigenvalue weighted by atomic mass is 16.3. The first kappa shape index (κ1) is 14.0. The first-order chi connectivity index (χ1) is 9.29. The summed E-state index contributed by atoms with van der Waals surface area (Å²) >= 11 is 0. The summed E-state index contributed by atoms with van der Waals surface area (Å²) in [7, 11) is 0. The molecule has 0 bridgehead atoms. The van der Waals surface area contributed by atoms with Crippen molar-refractivity contribution in [3.05, 3.63) is 37.2 Å². The van der Waals surface area contributed by atoms with Crippen LogP contribution in [0, 0.1) is 0 Å². The SMILES string of the molecule is C=CCCC(O)CN1CCN(c2ccncc2)CC1. The summed E-state index contributed by atoms with van der Waals surface area (Å²) in [6.45, 7) is 8.50. The number of aromatic nitrogens is 1. The number of piperazine rings is 1. The van der Waals surface area contributed by atoms with Gasteiger partial charge in [-0.3, -0.25) is 9.88 Å². The van der Waals surface area contributed by atoms with Crippen LogP contribution >= 0.6 is 0 Å². The Labute approximate surface area is 115 Å². The molecule has 1 aliphatic heterocycles. The second-order valence-corrected chi connectivity index (χ2v) is 5.01. The Morgan fingerprint density at radius 2 is 1.95 bits per heavy atom. The number of β-amino-alcohol motifs (C(OH)–C–C–N with tert-alkyl or cyclic N) is 1. The highest BCUT2D eigenvalue weighted by Gasteiger charge is 2.18. The van der Waals surface area contributed by atoms with Crippen LogP contribution in [0.1, 0.15) is 12.8 Å². The number of aliphatic hydroxyl groups is 1. The van der Waals surface area contributed by atoms with Crippen molar-refractivity contribution >= 4 is 5.69 Å². The maximum absolute atomic E-state index is 9.90. The number of rotatable bonds is 6. The lowest BCUT2D eigenvalue weighted by Crippen LogP contribution is -2.48. The molecule has 0 radical (unpaired) electrons. The molecule has 1 unspecified atom stereocenters. The predicted molar refractivity (Wildman–Crippen MR) is 78.3 cm³/mol. The first-order valence-electron chi connectivity index (χ1n) is 6.96. The fraction of sp³-hybridized carbons (Fsp3) is 0.533. The van der Waals surface area contributed by atoms with Gasteiger partial charge in [0.25, 0.3) is 0 Å². The quantitative estimate of drug-likeness (QED) is 0.788. The summed E-state index contributed by atoms with van der Waals surface area (Å²) in [5.74, 6) is 0. The third-order valence-electron chi connectivity index (χ3n) is 3.57. The minimum atomic E-state index is -0.231. The van der Waals surface area contributed by atoms with Crippen molar-refractivity contribution in [3.8, 4) is 0 Å². The maximum Gasteiger partial charge on any atom is 0.0670 e. The highest BCUT2D eigenvalue weighted by molar-refractivity contribution is 5.44. The zero-order valence-electron chi connectivity index (χ0n) is 11.4. The van der Waals surface area contributed by atoms with E-state index in [9.17, 15) is 5.11 Å². The molecule has 4 nitrogen and oxygen atoms in total. The largest absolute Gasteiger partial charge is 0.392 e. The Morgan fingerprint density at radius 3 is 2.58 bits per heavy atom. The van der Waals surface area contributed by atoms with E-state index in [0.717, 1.165) is 45.6 Å². The van der Waals surface area contributed by atoms with Crippen molar-refractivity contribution in [3.63, 3.8) is 0 Å². The van der Waals surface area contributed by atoms with E-state index in [0.29, 0.717) is 0 Å². The number of pyridine rings is 1. The van der Waals surface area contributed by atoms with E-state index < -0.39 is 0 Å². The summed E-state index contributed by atoms with van der Waals surface area (Å²) in [5, 5.41) is 9.90. The molecule has 104 valence electrons. The maximum atomic E-state index is 9.90. The molecule has 0 spiro atoms. The Balaban J connectivity index is 1.75. The minimum absolute atomic E-state index is 0.231. The van der Waals surface area contributed by atoms with Gasteiger partial charge >= 0.3 is 0 Å². The second-order valence-electron chi connectivity index (χ2n) is 5.01. The molecular weight excluding hydrogens is 238 g/mol. The lowest BCUT2D eigenvalue weighted by molar-refractivity contribution is 0.103. The summed E-state index contributed by atoms with van der Waals surface area (Å²) in [6, 6.07) is 4.10. The lowest BCUT2D eigenvalue weighted by atomic mass is 10.1. The van der Waals surface area contributed by atoms with E-state index >= 15 is 0 Å². The van der Waals surface area contributed by atoms with Crippen LogP contribution < -0.4 is 4.90 Å². The van der Waals surface area contributed by atoms with Gasteiger partial charge in [0.2, 0.25) is 0 Å². The van der Waals surface area contributed by atoms with E-state index in [1.165, 1.54) is 5.69 Å². The normalized spacial score (nSPS) is 18.3. The number of anilines is 1. The Hall–Kier alpha value is -1.39. The van der Waals surface area contributed by atoms with Crippen molar-refractivity contribution in [2.75, 3.05) is 37.6 Å². The van der Waals surface area contributed by atoms with Gasteiger partial charge in [-0.15, -0.1) is 6.58 Å². The average Bonchev–Trinajstić information content (AvgIpc) is 2.47. The molecular formula is C15H23N3O. The molecule has 2 heterocycles. The van der Waals surface area contributed by atoms with Crippen molar-refractivity contribution in [2.24, 2.45) is 0 Å². The molecule has 1 aromatic rings. The van der Waals surface area contributed by atoms with E-state index in [1.54, 1.807) is 0 Å². The van der Waals surface area contributed by atoms with Gasteiger partial charge in [0.05, 0.1) is 6.10 Å². The van der Waals surface area contributed by atoms with Crippen LogP contribution in [-0.4, -0.2) is 53.8 Å². The predicted octanol–water partition coefficient (Wildman–Crippen LogP) is 1.53. The van der Waals surface area contributed by atoms with E-state index in [1.807, 2.05) is 18.5 Å². The summed E-state index contributed by atoms with van der Waals surface area (Å²) in [4.78, 5) is 8.75. The number of aliphatic hydroxyl groups excluding tert-OH is 1. The molecule has 1 atom stereocenters. The fourth-order valence-electron chi connectivity index (χ4n) is 2.44. The topological polar surface area (TPSA) is 39.6 Å². The van der Waals surface area contributed by atoms with Crippen molar-refractivity contribution < 1.29 is 5.11 Å². The number of hydrogen-bond acceptors (Lipinski definition) is 4. The first-order valence-corrected chi connectivity index (χ1v) is 6.96. The van der Waals surface area contributed by atoms with Crippen molar-refractivity contribution in [1.82, 2.24) is 9.88 Å². The van der Waals surface area contributed by atoms with Gasteiger partial charge in [0.1, 0.15) is 0 Å². The molecule has 1 aromatic heterocycles. The number of hydrogen-bond donors (Lipinski definition) is 1. The van der Waals surface area contributed by atoms with Crippen LogP contribution in [0.2, 0.25) is 0 Å². The molecule has 0 saturated carbocycles. The van der Waals surface area contributed by atoms with Gasteiger partial charge in [-0.1, -0.05) is 6.08 Å². The molecule has 0 aromatic carbocycles. The van der Waals surface area contributed by atoms with Crippen LogP contribution in [-0.2, 0) is 0 Å². The van der Waals surface area contributed by atoms with Crippen LogP contribution in [0.5, 0.6) is 0 Å². The number of allylic oxidation sites excluding steroid dienone is 1. The molecule has 1 fully saturated rings. The Morgan fingerprint density at radius 1 is 1.26 bits per heavy atom. The van der Waals surface area contributed by atoms with E-state index in [2.05, 4.69) is 33.5 Å². The van der Waals surface area contributed by atoms with Crippen LogP contribution in [0.4, 0.5) is 5.69 Å². The van der Waals surface area contributed by atoms with Crippen LogP contribution in [0.15, 0.2) is 37.2 Å². The highest BCUT2D eigenvalue weighted by Crippen LogP contribution is 2.15. The third-order valence-corrected chi connectivity index (χ3v) is 3.57. The third kappa shape index (κ3) is 4.33. The second kappa shape index (κ2) is 7.26. The molecule has 19 heavy (non-hydrogen) atoms. The molecule has 4 heteroatoms. The smallest absolute Gasteiger partial charge is 0.0670 e. The zero-order chi connectivity index (χ0) is 13.5. The molecule has 1 aliphatic rings. The lowest BCUT2D eigenvalue weighted by Gasteiger charge is -2.36. The van der Waals surface area contributed by atoms with Gasteiger partial charge < -0.3 is 10.0 Å². The molecule has 2 rings (SSSR count). The van der Waals surface area contributed by atoms with Crippen LogP contribution in [0.3, 0.4) is 0 Å². The molecule has 0 aliphatic carbocycles. The van der Waals surface area contributed by atoms with Crippen LogP contribution in [0.25, 0.3) is 0 Å². The molecule has 1 saturated heterocycles. The van der Waals surface area contributed by atoms with Gasteiger partial charge in [-0.25, -0.2) is 0 Å². The van der Waals surface area contributed by atoms with Gasteiger partial charge in [-0.2, -0.15) is 0 Å². The monoisotopic (exact) mass is 261 g/mol. The summed E-state index contributed by atoms with van der Waals surface area (Å²) < 4.78 is 0. The van der Waals surface area contributed by atoms with E-state index in [4.69, 9.17) is 0 Å². The molecule has 0 amide bonds. The van der Waals surface area contributed by atoms with Crippen molar-refractivity contribution in [2.45, 2.75) is 18.9 Å². The zero-order valence-corrected chi connectivity index (χ0v) is 11.4. The minimum Gasteiger partial charge on any atom is -0.392 e. The van der Waals surface area contributed by atoms with Gasteiger partial charge in [0, 0.05) is 50.8 Å². The van der Waals surface area contributed by atoms with Crippen molar-refractivity contribution in [1.29, 1.82) is 0 Å². The Kier molecular flexibility index (Phi) is 5.36. The summed E-state index contributed by atoms with van der Waals surface area (Å²) in [5.41, 5.74) is 1.24. The Bertz CT molecular complexity index is 374. The average molecular weight is 261 g/mol. The summed E-state index contributed by atoms with van der Waals surface area (Å²) in [6.07, 6.45) is 7.00. The number of nitrogens with zero attached hydrogens (tertiary/aromatic N) is 3. The van der Waals surface area contributed by atoms with E-state index in [-0.39, 0.29) is 6.10 Å². The molecule has 1 N–H and O–H groups in total. The standard InChI is InChI=1S/C15H23N3O/c1-2-3-4-15(19)13-17-9-11-18(12-10-17)14-5-7-16-8-6-14/h2,5-8,15,19H,1,3-4,9-13H2. The van der Waals surface area contributed by atoms with Gasteiger partial charge in [0.15, 0.2) is 0 Å².